The second-order valence-electron chi connectivity index (χ2n) is 14.9. The molecule has 0 atom stereocenters. The van der Waals surface area contributed by atoms with E-state index >= 15 is 0 Å². The number of H-pyrrole nitrogens is 1. The van der Waals surface area contributed by atoms with E-state index in [0.717, 1.165) is 67.1 Å². The van der Waals surface area contributed by atoms with Crippen LogP contribution in [-0.2, 0) is 0 Å². The van der Waals surface area contributed by atoms with Gasteiger partial charge in [0.2, 0.25) is 0 Å². The summed E-state index contributed by atoms with van der Waals surface area (Å²) in [4.78, 5) is 14.2. The predicted octanol–water partition coefficient (Wildman–Crippen LogP) is 13.1. The molecule has 1 N–H and O–H groups in total. The number of pyridine rings is 1. The highest BCUT2D eigenvalue weighted by Gasteiger charge is 2.22. The van der Waals surface area contributed by atoms with E-state index in [2.05, 4.69) is 187 Å². The van der Waals surface area contributed by atoms with Crippen molar-refractivity contribution in [3.8, 4) is 45.1 Å². The van der Waals surface area contributed by atoms with E-state index in [1.165, 1.54) is 49.4 Å². The predicted molar refractivity (Wildman–Crippen MR) is 233 cm³/mol. The molecule has 0 saturated heterocycles. The van der Waals surface area contributed by atoms with Gasteiger partial charge in [-0.2, -0.15) is 0 Å². The fraction of sp³-hybridized carbons (Fsp3) is 0.0588. The molecular weight excluding hydrogens is 683 g/mol. The van der Waals surface area contributed by atoms with Crippen LogP contribution < -0.4 is 0 Å². The first-order chi connectivity index (χ1) is 27.5. The summed E-state index contributed by atoms with van der Waals surface area (Å²) in [6.45, 7) is 6.61. The molecule has 5 nitrogen and oxygen atoms in total. The fourth-order valence-electron chi connectivity index (χ4n) is 8.71. The summed E-state index contributed by atoms with van der Waals surface area (Å²) in [7, 11) is 0. The number of para-hydroxylation sites is 3. The number of fused-ring (bicyclic) bond motifs is 7. The monoisotopic (exact) mass is 719 g/mol. The normalized spacial score (nSPS) is 11.8. The summed E-state index contributed by atoms with van der Waals surface area (Å²) in [5.74, 6) is 1.79. The van der Waals surface area contributed by atoms with Crippen LogP contribution in [0.4, 0.5) is 0 Å². The van der Waals surface area contributed by atoms with Gasteiger partial charge in [0.25, 0.3) is 0 Å². The van der Waals surface area contributed by atoms with Crippen molar-refractivity contribution < 1.29 is 0 Å². The molecule has 0 aliphatic rings. The van der Waals surface area contributed by atoms with Crippen LogP contribution in [0.2, 0.25) is 0 Å². The van der Waals surface area contributed by atoms with Crippen molar-refractivity contribution in [2.24, 2.45) is 0 Å². The molecule has 0 aliphatic heterocycles. The highest BCUT2D eigenvalue weighted by Crippen LogP contribution is 2.41. The molecular formula is C51H37N5. The third-order valence-electron chi connectivity index (χ3n) is 11.7. The summed E-state index contributed by atoms with van der Waals surface area (Å²) >= 11 is 0. The minimum absolute atomic E-state index is 0.887. The topological polar surface area (TPSA) is 51.4 Å². The molecule has 266 valence electrons. The average Bonchev–Trinajstić information content (AvgIpc) is 3.92. The van der Waals surface area contributed by atoms with E-state index in [-0.39, 0.29) is 0 Å². The maximum absolute atomic E-state index is 5.61. The number of rotatable bonds is 5. The van der Waals surface area contributed by atoms with Crippen LogP contribution in [0, 0.1) is 20.8 Å². The molecule has 7 aromatic carbocycles. The zero-order chi connectivity index (χ0) is 37.5. The van der Waals surface area contributed by atoms with Gasteiger partial charge < -0.3 is 4.98 Å². The molecule has 4 heterocycles. The van der Waals surface area contributed by atoms with Crippen LogP contribution >= 0.6 is 0 Å². The third kappa shape index (κ3) is 4.87. The summed E-state index contributed by atoms with van der Waals surface area (Å²) < 4.78 is 4.65. The molecule has 4 aromatic heterocycles. The van der Waals surface area contributed by atoms with Gasteiger partial charge in [-0.3, -0.25) is 9.13 Å². The number of imidazole rings is 1. The Labute approximate surface area is 324 Å². The van der Waals surface area contributed by atoms with Gasteiger partial charge in [-0.05, 0) is 115 Å². The number of aromatic nitrogens is 5. The van der Waals surface area contributed by atoms with Crippen molar-refractivity contribution in [2.45, 2.75) is 20.8 Å². The van der Waals surface area contributed by atoms with Crippen LogP contribution in [-0.4, -0.2) is 24.1 Å². The Balaban J connectivity index is 1.18. The smallest absolute Gasteiger partial charge is 0.147 e. The van der Waals surface area contributed by atoms with E-state index in [1.807, 2.05) is 12.3 Å². The minimum Gasteiger partial charge on any atom is -0.354 e. The number of aromatic amines is 1. The largest absolute Gasteiger partial charge is 0.354 e. The van der Waals surface area contributed by atoms with Crippen molar-refractivity contribution in [3.05, 3.63) is 181 Å². The van der Waals surface area contributed by atoms with Crippen LogP contribution in [0.5, 0.6) is 0 Å². The second-order valence-corrected chi connectivity index (χ2v) is 14.9. The molecule has 0 aliphatic carbocycles. The molecule has 56 heavy (non-hydrogen) atoms. The Hall–Kier alpha value is -7.24. The molecule has 0 saturated carbocycles. The molecule has 0 spiro atoms. The lowest BCUT2D eigenvalue weighted by Gasteiger charge is -2.14. The van der Waals surface area contributed by atoms with E-state index in [0.29, 0.717) is 0 Å². The van der Waals surface area contributed by atoms with Gasteiger partial charge in [-0.1, -0.05) is 97.1 Å². The molecule has 0 fully saturated rings. The Morgan fingerprint density at radius 1 is 0.482 bits per heavy atom. The van der Waals surface area contributed by atoms with Crippen LogP contribution in [0.15, 0.2) is 164 Å². The zero-order valence-electron chi connectivity index (χ0n) is 31.4. The van der Waals surface area contributed by atoms with Crippen LogP contribution in [0.25, 0.3) is 99.8 Å². The SMILES string of the molecule is Cc1cc(-n2c(-c3cccc4c3[nH]c3ccccc34)nc3c(-c4ccc5c6cc(-c7ccccc7)ccc6n(-c6ccccn6)c5c4)cccc32)cc(C)c1C. The minimum atomic E-state index is 0.887. The zero-order valence-corrected chi connectivity index (χ0v) is 31.4. The van der Waals surface area contributed by atoms with Crippen molar-refractivity contribution in [2.75, 3.05) is 0 Å². The molecule has 0 unspecified atom stereocenters. The summed E-state index contributed by atoms with van der Waals surface area (Å²) in [5.41, 5.74) is 17.0. The fourth-order valence-corrected chi connectivity index (χ4v) is 8.71. The van der Waals surface area contributed by atoms with E-state index in [4.69, 9.17) is 9.97 Å². The maximum atomic E-state index is 5.61. The van der Waals surface area contributed by atoms with Gasteiger partial charge in [0.1, 0.15) is 11.6 Å². The summed E-state index contributed by atoms with van der Waals surface area (Å²) in [6.07, 6.45) is 1.87. The number of hydrogen-bond acceptors (Lipinski definition) is 2. The molecule has 0 bridgehead atoms. The quantitative estimate of drug-likeness (QED) is 0.193. The third-order valence-corrected chi connectivity index (χ3v) is 11.7. The van der Waals surface area contributed by atoms with Crippen molar-refractivity contribution in [3.63, 3.8) is 0 Å². The Morgan fingerprint density at radius 3 is 2.07 bits per heavy atom. The number of benzene rings is 7. The van der Waals surface area contributed by atoms with E-state index in [1.54, 1.807) is 0 Å². The average molecular weight is 720 g/mol. The molecule has 11 rings (SSSR count). The van der Waals surface area contributed by atoms with Gasteiger partial charge in [0.15, 0.2) is 0 Å². The van der Waals surface area contributed by atoms with Gasteiger partial charge in [-0.25, -0.2) is 9.97 Å². The number of nitrogens with one attached hydrogen (secondary N) is 1. The van der Waals surface area contributed by atoms with E-state index in [9.17, 15) is 0 Å². The highest BCUT2D eigenvalue weighted by atomic mass is 15.1. The number of hydrogen-bond donors (Lipinski definition) is 1. The number of nitrogens with zero attached hydrogens (tertiary/aromatic N) is 4. The first-order valence-electron chi connectivity index (χ1n) is 19.2. The summed E-state index contributed by atoms with van der Waals surface area (Å²) in [5, 5.41) is 4.78. The first-order valence-corrected chi connectivity index (χ1v) is 19.2. The van der Waals surface area contributed by atoms with Crippen LogP contribution in [0.1, 0.15) is 16.7 Å². The lowest BCUT2D eigenvalue weighted by Crippen LogP contribution is -2.00. The van der Waals surface area contributed by atoms with Crippen molar-refractivity contribution >= 4 is 54.6 Å². The van der Waals surface area contributed by atoms with Gasteiger partial charge >= 0.3 is 0 Å². The molecule has 11 aromatic rings. The lowest BCUT2D eigenvalue weighted by molar-refractivity contribution is 1.08. The second kappa shape index (κ2) is 12.4. The number of aryl methyl sites for hydroxylation is 2. The molecule has 0 amide bonds. The maximum Gasteiger partial charge on any atom is 0.147 e. The first kappa shape index (κ1) is 32.2. The van der Waals surface area contributed by atoms with Crippen molar-refractivity contribution in [1.29, 1.82) is 0 Å². The Kier molecular flexibility index (Phi) is 7.13. The van der Waals surface area contributed by atoms with Gasteiger partial charge in [0, 0.05) is 50.1 Å². The van der Waals surface area contributed by atoms with Crippen molar-refractivity contribution in [1.82, 2.24) is 24.1 Å². The molecule has 0 radical (unpaired) electrons. The summed E-state index contributed by atoms with van der Waals surface area (Å²) in [6, 6.07) is 56.6. The standard InChI is InChI=1S/C51H37N5/c1-31-27-37(28-32(2)33(31)3)55-46-20-12-16-38(50(46)54-51(55)42-18-11-17-41-39-15-7-8-19-44(39)53-49(41)42)36-22-24-40-43-29-35(34-13-5-4-6-14-34)23-25-45(43)56(47(40)30-36)48-21-9-10-26-52-48/h4-30,53H,1-3H3. The van der Waals surface area contributed by atoms with Crippen LogP contribution in [0.3, 0.4) is 0 Å². The Morgan fingerprint density at radius 2 is 1.23 bits per heavy atom. The van der Waals surface area contributed by atoms with Gasteiger partial charge in [-0.15, -0.1) is 0 Å². The molecule has 5 heteroatoms. The highest BCUT2D eigenvalue weighted by molar-refractivity contribution is 6.13. The van der Waals surface area contributed by atoms with E-state index < -0.39 is 0 Å². The Bertz CT molecular complexity index is 3300. The van der Waals surface area contributed by atoms with Gasteiger partial charge in [0.05, 0.1) is 27.6 Å². The lowest BCUT2D eigenvalue weighted by atomic mass is 10.00.